The first-order chi connectivity index (χ1) is 29.5. The zero-order valence-corrected chi connectivity index (χ0v) is 33.2. The van der Waals surface area contributed by atoms with Crippen molar-refractivity contribution < 1.29 is 4.74 Å². The van der Waals surface area contributed by atoms with Crippen LogP contribution in [0.4, 0.5) is 17.1 Å². The van der Waals surface area contributed by atoms with Gasteiger partial charge in [-0.15, -0.1) is 0 Å². The van der Waals surface area contributed by atoms with Crippen LogP contribution in [0.25, 0.3) is 45.3 Å². The lowest BCUT2D eigenvalue weighted by Gasteiger charge is -2.44. The van der Waals surface area contributed by atoms with Crippen LogP contribution in [0.1, 0.15) is 47.2 Å². The number of benzene rings is 8. The van der Waals surface area contributed by atoms with Crippen molar-refractivity contribution in [3.63, 3.8) is 0 Å². The summed E-state index contributed by atoms with van der Waals surface area (Å²) in [6.45, 7) is 4.65. The van der Waals surface area contributed by atoms with Crippen molar-refractivity contribution in [1.82, 2.24) is 15.0 Å². The third-order valence-corrected chi connectivity index (χ3v) is 12.8. The third kappa shape index (κ3) is 4.77. The molecular formula is C55H38N4O. The largest absolute Gasteiger partial charge is 0.454 e. The molecule has 5 nitrogen and oxygen atoms in total. The van der Waals surface area contributed by atoms with E-state index in [0.717, 1.165) is 56.4 Å². The van der Waals surface area contributed by atoms with Crippen molar-refractivity contribution in [3.05, 3.63) is 228 Å². The Bertz CT molecular complexity index is 3020. The smallest absolute Gasteiger partial charge is 0.167 e. The van der Waals surface area contributed by atoms with Crippen molar-refractivity contribution in [1.29, 1.82) is 0 Å². The van der Waals surface area contributed by atoms with Crippen LogP contribution in [0.3, 0.4) is 0 Å². The van der Waals surface area contributed by atoms with Crippen molar-refractivity contribution in [3.8, 4) is 56.8 Å². The van der Waals surface area contributed by atoms with Gasteiger partial charge in [-0.1, -0.05) is 184 Å². The van der Waals surface area contributed by atoms with Gasteiger partial charge in [-0.25, -0.2) is 15.0 Å². The molecule has 284 valence electrons. The quantitative estimate of drug-likeness (QED) is 0.178. The lowest BCUT2D eigenvalue weighted by molar-refractivity contribution is 0.438. The average Bonchev–Trinajstić information content (AvgIpc) is 3.60. The lowest BCUT2D eigenvalue weighted by Crippen LogP contribution is -2.34. The molecule has 0 unspecified atom stereocenters. The molecule has 0 amide bonds. The Hall–Kier alpha value is -7.63. The number of hydrogen-bond donors (Lipinski definition) is 0. The molecule has 12 rings (SSSR count). The predicted octanol–water partition coefficient (Wildman–Crippen LogP) is 13.5. The Kier molecular flexibility index (Phi) is 7.42. The molecule has 60 heavy (non-hydrogen) atoms. The van der Waals surface area contributed by atoms with Gasteiger partial charge in [-0.3, -0.25) is 0 Å². The van der Waals surface area contributed by atoms with Gasteiger partial charge >= 0.3 is 0 Å². The topological polar surface area (TPSA) is 51.1 Å². The summed E-state index contributed by atoms with van der Waals surface area (Å²) in [5, 5.41) is 0. The van der Waals surface area contributed by atoms with E-state index in [1.54, 1.807) is 0 Å². The van der Waals surface area contributed by atoms with Crippen LogP contribution in [0.5, 0.6) is 11.5 Å². The SMILES string of the molecule is CC1(C)c2ccccc2N(c2cccc3c2Oc2c(-c4nc(-c5ccccc5)nc(-c5ccccc5)n4)cccc2C32c3ccccc3-c3ccccc32)c2ccccc21. The van der Waals surface area contributed by atoms with Gasteiger partial charge in [0.05, 0.1) is 28.0 Å². The molecule has 0 saturated heterocycles. The number of rotatable bonds is 4. The van der Waals surface area contributed by atoms with E-state index < -0.39 is 5.41 Å². The molecule has 8 aromatic carbocycles. The molecule has 0 atom stereocenters. The summed E-state index contributed by atoms with van der Waals surface area (Å²) in [4.78, 5) is 17.9. The summed E-state index contributed by atoms with van der Waals surface area (Å²) < 4.78 is 7.60. The summed E-state index contributed by atoms with van der Waals surface area (Å²) in [6, 6.07) is 68.7. The van der Waals surface area contributed by atoms with Crippen LogP contribution in [0.15, 0.2) is 194 Å². The van der Waals surface area contributed by atoms with E-state index >= 15 is 0 Å². The van der Waals surface area contributed by atoms with Gasteiger partial charge < -0.3 is 9.64 Å². The first-order valence-corrected chi connectivity index (χ1v) is 20.5. The highest BCUT2D eigenvalue weighted by molar-refractivity contribution is 5.94. The van der Waals surface area contributed by atoms with E-state index in [2.05, 4.69) is 152 Å². The van der Waals surface area contributed by atoms with Crippen molar-refractivity contribution >= 4 is 17.1 Å². The van der Waals surface area contributed by atoms with E-state index in [9.17, 15) is 0 Å². The highest BCUT2D eigenvalue weighted by Crippen LogP contribution is 2.65. The van der Waals surface area contributed by atoms with Gasteiger partial charge in [0.2, 0.25) is 0 Å². The minimum Gasteiger partial charge on any atom is -0.454 e. The van der Waals surface area contributed by atoms with Crippen LogP contribution < -0.4 is 9.64 Å². The monoisotopic (exact) mass is 770 g/mol. The Morgan fingerprint density at radius 1 is 0.350 bits per heavy atom. The molecule has 0 saturated carbocycles. The first kappa shape index (κ1) is 34.4. The number of fused-ring (bicyclic) bond motifs is 11. The second kappa shape index (κ2) is 12.9. The fraction of sp³-hybridized carbons (Fsp3) is 0.0727. The summed E-state index contributed by atoms with van der Waals surface area (Å²) >= 11 is 0. The first-order valence-electron chi connectivity index (χ1n) is 20.5. The van der Waals surface area contributed by atoms with E-state index in [-0.39, 0.29) is 5.41 Å². The maximum atomic E-state index is 7.60. The number of ether oxygens (including phenoxy) is 1. The minimum absolute atomic E-state index is 0.213. The van der Waals surface area contributed by atoms with Gasteiger partial charge in [-0.2, -0.15) is 0 Å². The van der Waals surface area contributed by atoms with E-state index in [1.807, 2.05) is 60.7 Å². The molecule has 2 aliphatic heterocycles. The standard InChI is InChI=1S/C55H38N4O/c1-54(2)42-28-13-15-32-46(42)59(47-33-16-14-29-43(47)54)48-34-18-31-45-50(48)60-49-39(53-57-51(35-19-5-3-6-20-35)56-52(58-53)36-21-7-4-8-22-36)25-17-30-44(49)55(45)40-26-11-9-23-37(40)38-24-10-12-27-41(38)55/h3-34H,1-2H3. The van der Waals surface area contributed by atoms with Crippen LogP contribution in [0, 0.1) is 0 Å². The van der Waals surface area contributed by atoms with Crippen LogP contribution in [-0.2, 0) is 10.8 Å². The maximum Gasteiger partial charge on any atom is 0.167 e. The molecule has 0 fully saturated rings. The normalized spacial score (nSPS) is 14.5. The van der Waals surface area contributed by atoms with E-state index in [4.69, 9.17) is 19.7 Å². The number of nitrogens with zero attached hydrogens (tertiary/aromatic N) is 4. The summed E-state index contributed by atoms with van der Waals surface area (Å²) in [5.41, 5.74) is 14.5. The molecular weight excluding hydrogens is 733 g/mol. The van der Waals surface area contributed by atoms with Crippen molar-refractivity contribution in [2.75, 3.05) is 4.90 Å². The van der Waals surface area contributed by atoms with Gasteiger partial charge in [0.1, 0.15) is 5.75 Å². The number of aromatic nitrogens is 3. The van der Waals surface area contributed by atoms with E-state index in [1.165, 1.54) is 33.4 Å². The molecule has 1 spiro atoms. The van der Waals surface area contributed by atoms with Crippen LogP contribution in [-0.4, -0.2) is 15.0 Å². The molecule has 9 aromatic rings. The Morgan fingerprint density at radius 3 is 1.32 bits per heavy atom. The molecule has 1 aliphatic carbocycles. The Labute approximate surface area is 349 Å². The average molecular weight is 771 g/mol. The third-order valence-electron chi connectivity index (χ3n) is 12.8. The number of anilines is 3. The fourth-order valence-electron chi connectivity index (χ4n) is 10.1. The van der Waals surface area contributed by atoms with Gasteiger partial charge in [0, 0.05) is 27.7 Å². The zero-order valence-electron chi connectivity index (χ0n) is 33.2. The molecule has 0 N–H and O–H groups in total. The Morgan fingerprint density at radius 2 is 0.750 bits per heavy atom. The second-order valence-electron chi connectivity index (χ2n) is 16.3. The lowest BCUT2D eigenvalue weighted by atomic mass is 9.65. The molecule has 1 aromatic heterocycles. The van der Waals surface area contributed by atoms with Crippen molar-refractivity contribution in [2.45, 2.75) is 24.7 Å². The molecule has 0 radical (unpaired) electrons. The molecule has 3 aliphatic rings. The molecule has 0 bridgehead atoms. The van der Waals surface area contributed by atoms with E-state index in [0.29, 0.717) is 17.5 Å². The van der Waals surface area contributed by atoms with Crippen LogP contribution >= 0.6 is 0 Å². The highest BCUT2D eigenvalue weighted by Gasteiger charge is 2.52. The van der Waals surface area contributed by atoms with Crippen LogP contribution in [0.2, 0.25) is 0 Å². The van der Waals surface area contributed by atoms with Gasteiger partial charge in [0.15, 0.2) is 23.2 Å². The number of para-hydroxylation sites is 4. The summed E-state index contributed by atoms with van der Waals surface area (Å²) in [5.74, 6) is 3.28. The molecule has 5 heteroatoms. The second-order valence-corrected chi connectivity index (χ2v) is 16.3. The highest BCUT2D eigenvalue weighted by atomic mass is 16.5. The molecule has 3 heterocycles. The van der Waals surface area contributed by atoms with Crippen molar-refractivity contribution in [2.24, 2.45) is 0 Å². The number of hydrogen-bond acceptors (Lipinski definition) is 5. The minimum atomic E-state index is -0.715. The maximum absolute atomic E-state index is 7.60. The summed E-state index contributed by atoms with van der Waals surface area (Å²) in [7, 11) is 0. The zero-order chi connectivity index (χ0) is 40.0. The Balaban J connectivity index is 1.18. The predicted molar refractivity (Wildman–Crippen MR) is 240 cm³/mol. The van der Waals surface area contributed by atoms with Gasteiger partial charge in [-0.05, 0) is 57.6 Å². The fourth-order valence-corrected chi connectivity index (χ4v) is 10.1. The summed E-state index contributed by atoms with van der Waals surface area (Å²) in [6.07, 6.45) is 0. The van der Waals surface area contributed by atoms with Gasteiger partial charge in [0.25, 0.3) is 0 Å².